The minimum Gasteiger partial charge on any atom is -0.364 e. The summed E-state index contributed by atoms with van der Waals surface area (Å²) in [6.07, 6.45) is 0.240. The van der Waals surface area contributed by atoms with Crippen LogP contribution in [0.2, 0.25) is 0 Å². The highest BCUT2D eigenvalue weighted by molar-refractivity contribution is 5.87. The molecule has 1 aromatic rings. The van der Waals surface area contributed by atoms with Crippen molar-refractivity contribution < 1.29 is 14.3 Å². The molecule has 108 valence electrons. The van der Waals surface area contributed by atoms with Crippen molar-refractivity contribution in [1.82, 2.24) is 10.2 Å². The number of ether oxygens (including phenoxy) is 1. The standard InChI is InChI=1S/C15H20N2O3/c1-12(20-11-13-6-3-2-4-7-13)15(19)17-9-5-8-16-14(18)10-17/h2-4,6-7,12H,5,8-11H2,1H3,(H,16,18). The van der Waals surface area contributed by atoms with Gasteiger partial charge in [0.15, 0.2) is 0 Å². The highest BCUT2D eigenvalue weighted by Crippen LogP contribution is 2.07. The van der Waals surface area contributed by atoms with E-state index in [1.54, 1.807) is 11.8 Å². The smallest absolute Gasteiger partial charge is 0.251 e. The lowest BCUT2D eigenvalue weighted by Gasteiger charge is -2.23. The first kappa shape index (κ1) is 14.5. The van der Waals surface area contributed by atoms with E-state index in [9.17, 15) is 9.59 Å². The van der Waals surface area contributed by atoms with Crippen molar-refractivity contribution in [3.8, 4) is 0 Å². The summed E-state index contributed by atoms with van der Waals surface area (Å²) >= 11 is 0. The number of carbonyl (C=O) groups excluding carboxylic acids is 2. The third-order valence-electron chi connectivity index (χ3n) is 3.26. The van der Waals surface area contributed by atoms with Gasteiger partial charge in [-0.05, 0) is 18.9 Å². The van der Waals surface area contributed by atoms with Crippen LogP contribution in [-0.4, -0.2) is 42.5 Å². The summed E-state index contributed by atoms with van der Waals surface area (Å²) < 4.78 is 5.60. The molecule has 1 aliphatic rings. The Balaban J connectivity index is 1.86. The van der Waals surface area contributed by atoms with E-state index >= 15 is 0 Å². The first-order valence-corrected chi connectivity index (χ1v) is 6.88. The Morgan fingerprint density at radius 2 is 2.15 bits per heavy atom. The van der Waals surface area contributed by atoms with Gasteiger partial charge in [-0.15, -0.1) is 0 Å². The van der Waals surface area contributed by atoms with Gasteiger partial charge in [0.05, 0.1) is 13.2 Å². The van der Waals surface area contributed by atoms with Gasteiger partial charge in [0.25, 0.3) is 5.91 Å². The van der Waals surface area contributed by atoms with Crippen LogP contribution >= 0.6 is 0 Å². The summed E-state index contributed by atoms with van der Waals surface area (Å²) in [5.74, 6) is -0.232. The van der Waals surface area contributed by atoms with Crippen LogP contribution in [0, 0.1) is 0 Å². The van der Waals surface area contributed by atoms with E-state index in [1.807, 2.05) is 30.3 Å². The second-order valence-electron chi connectivity index (χ2n) is 4.90. The molecule has 0 spiro atoms. The fraction of sp³-hybridized carbons (Fsp3) is 0.467. The third-order valence-corrected chi connectivity index (χ3v) is 3.26. The maximum Gasteiger partial charge on any atom is 0.251 e. The van der Waals surface area contributed by atoms with Crippen molar-refractivity contribution in [2.75, 3.05) is 19.6 Å². The van der Waals surface area contributed by atoms with Gasteiger partial charge in [0.2, 0.25) is 5.91 Å². The zero-order valence-corrected chi connectivity index (χ0v) is 11.7. The van der Waals surface area contributed by atoms with Crippen molar-refractivity contribution in [2.45, 2.75) is 26.1 Å². The minimum absolute atomic E-state index is 0.105. The third kappa shape index (κ3) is 4.06. The molecule has 1 N–H and O–H groups in total. The van der Waals surface area contributed by atoms with E-state index in [4.69, 9.17) is 4.74 Å². The van der Waals surface area contributed by atoms with Crippen LogP contribution in [0.1, 0.15) is 18.9 Å². The fourth-order valence-electron chi connectivity index (χ4n) is 2.12. The number of nitrogens with one attached hydrogen (secondary N) is 1. The van der Waals surface area contributed by atoms with Gasteiger partial charge < -0.3 is 15.0 Å². The molecular formula is C15H20N2O3. The molecule has 0 aliphatic carbocycles. The molecule has 0 radical (unpaired) electrons. The molecule has 20 heavy (non-hydrogen) atoms. The van der Waals surface area contributed by atoms with E-state index in [-0.39, 0.29) is 18.4 Å². The van der Waals surface area contributed by atoms with Gasteiger partial charge in [0.1, 0.15) is 6.10 Å². The molecule has 1 saturated heterocycles. The van der Waals surface area contributed by atoms with Gasteiger partial charge in [-0.3, -0.25) is 9.59 Å². The molecule has 1 fully saturated rings. The number of nitrogens with zero attached hydrogens (tertiary/aromatic N) is 1. The lowest BCUT2D eigenvalue weighted by Crippen LogP contribution is -2.42. The summed E-state index contributed by atoms with van der Waals surface area (Å²) in [7, 11) is 0. The van der Waals surface area contributed by atoms with Gasteiger partial charge in [-0.2, -0.15) is 0 Å². The Kier molecular flexibility index (Phi) is 5.12. The molecule has 0 bridgehead atoms. The van der Waals surface area contributed by atoms with Gasteiger partial charge in [-0.1, -0.05) is 30.3 Å². The van der Waals surface area contributed by atoms with E-state index in [1.165, 1.54) is 0 Å². The lowest BCUT2D eigenvalue weighted by molar-refractivity contribution is -0.145. The molecule has 0 saturated carbocycles. The molecule has 1 unspecified atom stereocenters. The number of hydrogen-bond donors (Lipinski definition) is 1. The Hall–Kier alpha value is -1.88. The summed E-state index contributed by atoms with van der Waals surface area (Å²) in [5, 5.41) is 2.75. The Morgan fingerprint density at radius 1 is 1.40 bits per heavy atom. The van der Waals surface area contributed by atoms with Crippen LogP contribution in [0.15, 0.2) is 30.3 Å². The molecule has 2 rings (SSSR count). The van der Waals surface area contributed by atoms with Crippen molar-refractivity contribution in [2.24, 2.45) is 0 Å². The maximum absolute atomic E-state index is 12.2. The molecule has 1 atom stereocenters. The average Bonchev–Trinajstić information content (AvgIpc) is 2.69. The quantitative estimate of drug-likeness (QED) is 0.890. The van der Waals surface area contributed by atoms with Crippen LogP contribution in [0.3, 0.4) is 0 Å². The van der Waals surface area contributed by atoms with Crippen LogP contribution in [0.4, 0.5) is 0 Å². The molecule has 0 aromatic heterocycles. The summed E-state index contributed by atoms with van der Waals surface area (Å²) in [5.41, 5.74) is 1.03. The molecule has 1 aliphatic heterocycles. The second kappa shape index (κ2) is 7.05. The van der Waals surface area contributed by atoms with Crippen molar-refractivity contribution in [3.05, 3.63) is 35.9 Å². The first-order valence-electron chi connectivity index (χ1n) is 6.88. The van der Waals surface area contributed by atoms with E-state index < -0.39 is 6.10 Å². The first-order chi connectivity index (χ1) is 9.66. The van der Waals surface area contributed by atoms with E-state index in [0.717, 1.165) is 12.0 Å². The average molecular weight is 276 g/mol. The molecule has 5 nitrogen and oxygen atoms in total. The number of rotatable bonds is 4. The van der Waals surface area contributed by atoms with Crippen LogP contribution in [0.25, 0.3) is 0 Å². The topological polar surface area (TPSA) is 58.6 Å². The zero-order chi connectivity index (χ0) is 14.4. The van der Waals surface area contributed by atoms with Crippen LogP contribution < -0.4 is 5.32 Å². The monoisotopic (exact) mass is 276 g/mol. The normalized spacial score (nSPS) is 17.2. The number of amides is 2. The fourth-order valence-corrected chi connectivity index (χ4v) is 2.12. The minimum atomic E-state index is -0.541. The van der Waals surface area contributed by atoms with Crippen molar-refractivity contribution in [1.29, 1.82) is 0 Å². The summed E-state index contributed by atoms with van der Waals surface area (Å²) in [6.45, 7) is 3.47. The Bertz CT molecular complexity index is 461. The lowest BCUT2D eigenvalue weighted by atomic mass is 10.2. The Labute approximate surface area is 118 Å². The predicted octanol–water partition coefficient (Wildman–Crippen LogP) is 0.940. The van der Waals surface area contributed by atoms with Crippen LogP contribution in [-0.2, 0) is 20.9 Å². The molecule has 2 amide bonds. The molecule has 5 heteroatoms. The summed E-state index contributed by atoms with van der Waals surface area (Å²) in [6, 6.07) is 9.72. The number of hydrogen-bond acceptors (Lipinski definition) is 3. The second-order valence-corrected chi connectivity index (χ2v) is 4.90. The van der Waals surface area contributed by atoms with Crippen molar-refractivity contribution in [3.63, 3.8) is 0 Å². The molecule has 1 heterocycles. The highest BCUT2D eigenvalue weighted by atomic mass is 16.5. The zero-order valence-electron chi connectivity index (χ0n) is 11.7. The number of benzene rings is 1. The maximum atomic E-state index is 12.2. The highest BCUT2D eigenvalue weighted by Gasteiger charge is 2.24. The van der Waals surface area contributed by atoms with Gasteiger partial charge in [0, 0.05) is 13.1 Å². The molecule has 1 aromatic carbocycles. The Morgan fingerprint density at radius 3 is 2.90 bits per heavy atom. The largest absolute Gasteiger partial charge is 0.364 e. The predicted molar refractivity (Wildman–Crippen MR) is 74.9 cm³/mol. The van der Waals surface area contributed by atoms with Crippen molar-refractivity contribution >= 4 is 11.8 Å². The van der Waals surface area contributed by atoms with E-state index in [2.05, 4.69) is 5.32 Å². The van der Waals surface area contributed by atoms with E-state index in [0.29, 0.717) is 19.7 Å². The molecular weight excluding hydrogens is 256 g/mol. The number of carbonyl (C=O) groups is 2. The summed E-state index contributed by atoms with van der Waals surface area (Å²) in [4.78, 5) is 25.3. The van der Waals surface area contributed by atoms with Gasteiger partial charge in [-0.25, -0.2) is 0 Å². The SMILES string of the molecule is CC(OCc1ccccc1)C(=O)N1CCCNC(=O)C1. The van der Waals surface area contributed by atoms with Gasteiger partial charge >= 0.3 is 0 Å². The van der Waals surface area contributed by atoms with Crippen LogP contribution in [0.5, 0.6) is 0 Å².